The Morgan fingerprint density at radius 1 is 1.32 bits per heavy atom. The maximum absolute atomic E-state index is 5.76. The SMILES string of the molecule is Cc1nc(N2CCCC(C(C)(C)C)CC2)sc1CN. The molecule has 2 rings (SSSR count). The molecular formula is C15H27N3S. The van der Waals surface area contributed by atoms with Crippen LogP contribution in [-0.2, 0) is 6.54 Å². The van der Waals surface area contributed by atoms with Gasteiger partial charge in [-0.3, -0.25) is 0 Å². The number of rotatable bonds is 2. The van der Waals surface area contributed by atoms with E-state index in [1.165, 1.54) is 29.3 Å². The number of aromatic nitrogens is 1. The topological polar surface area (TPSA) is 42.2 Å². The zero-order valence-electron chi connectivity index (χ0n) is 12.7. The summed E-state index contributed by atoms with van der Waals surface area (Å²) in [4.78, 5) is 8.39. The van der Waals surface area contributed by atoms with Crippen LogP contribution in [0.15, 0.2) is 0 Å². The van der Waals surface area contributed by atoms with Crippen LogP contribution in [-0.4, -0.2) is 18.1 Å². The summed E-state index contributed by atoms with van der Waals surface area (Å²) in [5, 5.41) is 1.17. The van der Waals surface area contributed by atoms with Crippen LogP contribution in [0.4, 0.5) is 5.13 Å². The number of hydrogen-bond acceptors (Lipinski definition) is 4. The molecular weight excluding hydrogens is 254 g/mol. The molecule has 4 heteroatoms. The van der Waals surface area contributed by atoms with Gasteiger partial charge in [-0.2, -0.15) is 0 Å². The van der Waals surface area contributed by atoms with Crippen LogP contribution in [0.1, 0.15) is 50.6 Å². The third-order valence-corrected chi connectivity index (χ3v) is 5.53. The van der Waals surface area contributed by atoms with E-state index in [1.54, 1.807) is 11.3 Å². The molecule has 1 saturated heterocycles. The maximum atomic E-state index is 5.76. The quantitative estimate of drug-likeness (QED) is 0.901. The van der Waals surface area contributed by atoms with Crippen molar-refractivity contribution < 1.29 is 0 Å². The summed E-state index contributed by atoms with van der Waals surface area (Å²) in [7, 11) is 0. The molecule has 2 heterocycles. The first-order valence-corrected chi connectivity index (χ1v) is 8.14. The Morgan fingerprint density at radius 2 is 2.05 bits per heavy atom. The predicted molar refractivity (Wildman–Crippen MR) is 83.8 cm³/mol. The molecule has 0 aliphatic carbocycles. The van der Waals surface area contributed by atoms with Crippen LogP contribution < -0.4 is 10.6 Å². The minimum Gasteiger partial charge on any atom is -0.348 e. The lowest BCUT2D eigenvalue weighted by Gasteiger charge is -2.29. The molecule has 1 aliphatic rings. The van der Waals surface area contributed by atoms with Gasteiger partial charge in [0.15, 0.2) is 5.13 Å². The highest BCUT2D eigenvalue weighted by atomic mass is 32.1. The maximum Gasteiger partial charge on any atom is 0.185 e. The summed E-state index contributed by atoms with van der Waals surface area (Å²) in [6.45, 7) is 12.1. The van der Waals surface area contributed by atoms with Crippen molar-refractivity contribution in [2.24, 2.45) is 17.1 Å². The molecule has 0 spiro atoms. The van der Waals surface area contributed by atoms with Gasteiger partial charge in [0, 0.05) is 24.5 Å². The smallest absolute Gasteiger partial charge is 0.185 e. The Bertz CT molecular complexity index is 420. The molecule has 2 N–H and O–H groups in total. The van der Waals surface area contributed by atoms with E-state index in [9.17, 15) is 0 Å². The lowest BCUT2D eigenvalue weighted by molar-refractivity contribution is 0.220. The molecule has 0 radical (unpaired) electrons. The van der Waals surface area contributed by atoms with Gasteiger partial charge in [-0.1, -0.05) is 20.8 Å². The fraction of sp³-hybridized carbons (Fsp3) is 0.800. The van der Waals surface area contributed by atoms with Gasteiger partial charge in [0.25, 0.3) is 0 Å². The Labute approximate surface area is 121 Å². The van der Waals surface area contributed by atoms with Gasteiger partial charge >= 0.3 is 0 Å². The number of hydrogen-bond donors (Lipinski definition) is 1. The minimum atomic E-state index is 0.428. The summed E-state index contributed by atoms with van der Waals surface area (Å²) < 4.78 is 0. The molecule has 1 aromatic rings. The molecule has 3 nitrogen and oxygen atoms in total. The van der Waals surface area contributed by atoms with E-state index in [0.29, 0.717) is 12.0 Å². The van der Waals surface area contributed by atoms with Crippen molar-refractivity contribution in [1.82, 2.24) is 4.98 Å². The van der Waals surface area contributed by atoms with E-state index in [4.69, 9.17) is 10.7 Å². The summed E-state index contributed by atoms with van der Waals surface area (Å²) >= 11 is 1.77. The van der Waals surface area contributed by atoms with Crippen molar-refractivity contribution in [3.05, 3.63) is 10.6 Å². The van der Waals surface area contributed by atoms with Gasteiger partial charge in [0.2, 0.25) is 0 Å². The van der Waals surface area contributed by atoms with Gasteiger partial charge in [-0.15, -0.1) is 11.3 Å². The Hall–Kier alpha value is -0.610. The molecule has 0 amide bonds. The molecule has 1 aliphatic heterocycles. The first-order chi connectivity index (χ1) is 8.91. The highest BCUT2D eigenvalue weighted by Crippen LogP contribution is 2.36. The van der Waals surface area contributed by atoms with Crippen molar-refractivity contribution in [3.63, 3.8) is 0 Å². The van der Waals surface area contributed by atoms with Crippen LogP contribution in [0.2, 0.25) is 0 Å². The minimum absolute atomic E-state index is 0.428. The zero-order valence-corrected chi connectivity index (χ0v) is 13.5. The van der Waals surface area contributed by atoms with Crippen LogP contribution in [0.5, 0.6) is 0 Å². The number of nitrogens with zero attached hydrogens (tertiary/aromatic N) is 2. The van der Waals surface area contributed by atoms with E-state index < -0.39 is 0 Å². The number of anilines is 1. The van der Waals surface area contributed by atoms with Crippen molar-refractivity contribution in [2.75, 3.05) is 18.0 Å². The van der Waals surface area contributed by atoms with E-state index >= 15 is 0 Å². The highest BCUT2D eigenvalue weighted by Gasteiger charge is 2.27. The van der Waals surface area contributed by atoms with Gasteiger partial charge in [0.05, 0.1) is 5.69 Å². The number of aryl methyl sites for hydroxylation is 1. The molecule has 0 bridgehead atoms. The van der Waals surface area contributed by atoms with Crippen LogP contribution in [0.25, 0.3) is 0 Å². The first kappa shape index (κ1) is 14.8. The van der Waals surface area contributed by atoms with E-state index in [2.05, 4.69) is 32.6 Å². The summed E-state index contributed by atoms with van der Waals surface area (Å²) in [5.41, 5.74) is 7.29. The molecule has 0 saturated carbocycles. The summed E-state index contributed by atoms with van der Waals surface area (Å²) in [6, 6.07) is 0. The van der Waals surface area contributed by atoms with Crippen LogP contribution in [0.3, 0.4) is 0 Å². The summed E-state index contributed by atoms with van der Waals surface area (Å²) in [5.74, 6) is 0.826. The van der Waals surface area contributed by atoms with E-state index in [-0.39, 0.29) is 0 Å². The van der Waals surface area contributed by atoms with Gasteiger partial charge in [-0.25, -0.2) is 4.98 Å². The second-order valence-corrected chi connectivity index (χ2v) is 7.75. The standard InChI is InChI=1S/C15H27N3S/c1-11-13(10-16)19-14(17-11)18-8-5-6-12(7-9-18)15(2,3)4/h12H,5-10,16H2,1-4H3. The molecule has 19 heavy (non-hydrogen) atoms. The Morgan fingerprint density at radius 3 is 2.63 bits per heavy atom. The van der Waals surface area contributed by atoms with E-state index in [0.717, 1.165) is 24.7 Å². The average Bonchev–Trinajstić information content (AvgIpc) is 2.57. The number of nitrogens with two attached hydrogens (primary N) is 1. The van der Waals surface area contributed by atoms with Crippen molar-refractivity contribution in [2.45, 2.75) is 53.5 Å². The monoisotopic (exact) mass is 281 g/mol. The van der Waals surface area contributed by atoms with Gasteiger partial charge in [0.1, 0.15) is 0 Å². The van der Waals surface area contributed by atoms with Crippen molar-refractivity contribution in [1.29, 1.82) is 0 Å². The van der Waals surface area contributed by atoms with Gasteiger partial charge < -0.3 is 10.6 Å². The highest BCUT2D eigenvalue weighted by molar-refractivity contribution is 7.15. The molecule has 1 atom stereocenters. The third-order valence-electron chi connectivity index (χ3n) is 4.29. The second kappa shape index (κ2) is 5.80. The fourth-order valence-electron chi connectivity index (χ4n) is 2.89. The predicted octanol–water partition coefficient (Wildman–Crippen LogP) is 3.56. The fourth-order valence-corrected chi connectivity index (χ4v) is 3.88. The lowest BCUT2D eigenvalue weighted by atomic mass is 9.77. The zero-order chi connectivity index (χ0) is 14.0. The van der Waals surface area contributed by atoms with Crippen LogP contribution in [0, 0.1) is 18.3 Å². The van der Waals surface area contributed by atoms with Crippen LogP contribution >= 0.6 is 11.3 Å². The third kappa shape index (κ3) is 3.48. The molecule has 1 fully saturated rings. The normalized spacial score (nSPS) is 21.5. The second-order valence-electron chi connectivity index (χ2n) is 6.69. The van der Waals surface area contributed by atoms with Crippen molar-refractivity contribution in [3.8, 4) is 0 Å². The summed E-state index contributed by atoms with van der Waals surface area (Å²) in [6.07, 6.45) is 3.90. The molecule has 1 aromatic heterocycles. The average molecular weight is 281 g/mol. The number of thiazole rings is 1. The Kier molecular flexibility index (Phi) is 4.51. The van der Waals surface area contributed by atoms with Crippen molar-refractivity contribution >= 4 is 16.5 Å². The largest absolute Gasteiger partial charge is 0.348 e. The lowest BCUT2D eigenvalue weighted by Crippen LogP contribution is -2.25. The van der Waals surface area contributed by atoms with Gasteiger partial charge in [-0.05, 0) is 37.5 Å². The molecule has 1 unspecified atom stereocenters. The van der Waals surface area contributed by atoms with E-state index in [1.807, 2.05) is 0 Å². The Balaban J connectivity index is 2.06. The molecule has 0 aromatic carbocycles. The first-order valence-electron chi connectivity index (χ1n) is 7.33. The molecule has 108 valence electrons.